The molecule has 3 heteroatoms. The van der Waals surface area contributed by atoms with Crippen LogP contribution in [-0.4, -0.2) is 44.4 Å². The van der Waals surface area contributed by atoms with E-state index in [1.807, 2.05) is 24.3 Å². The summed E-state index contributed by atoms with van der Waals surface area (Å²) in [5.41, 5.74) is 1.88. The summed E-state index contributed by atoms with van der Waals surface area (Å²) in [5.74, 6) is 0.848. The Morgan fingerprint density at radius 2 is 2.17 bits per heavy atom. The minimum atomic E-state index is 0.140. The first-order valence-electron chi connectivity index (χ1n) is 6.57. The molecule has 1 saturated heterocycles. The summed E-state index contributed by atoms with van der Waals surface area (Å²) in [7, 11) is 4.25. The van der Waals surface area contributed by atoms with Crippen LogP contribution in [0, 0.1) is 5.92 Å². The fourth-order valence-electron chi connectivity index (χ4n) is 2.77. The predicted octanol–water partition coefficient (Wildman–Crippen LogP) is 2.28. The summed E-state index contributed by atoms with van der Waals surface area (Å²) in [6, 6.07) is 7.88. The second-order valence-corrected chi connectivity index (χ2v) is 5.37. The van der Waals surface area contributed by atoms with E-state index in [-0.39, 0.29) is 5.78 Å². The Kier molecular flexibility index (Phi) is 4.02. The van der Waals surface area contributed by atoms with Gasteiger partial charge >= 0.3 is 0 Å². The molecule has 1 aromatic rings. The molecule has 0 aliphatic carbocycles. The van der Waals surface area contributed by atoms with Crippen molar-refractivity contribution in [1.82, 2.24) is 4.90 Å². The van der Waals surface area contributed by atoms with Gasteiger partial charge in [0.05, 0.1) is 0 Å². The Balaban J connectivity index is 2.09. The van der Waals surface area contributed by atoms with E-state index < -0.39 is 0 Å². The van der Waals surface area contributed by atoms with E-state index in [1.54, 1.807) is 6.92 Å². The standard InChI is InChI=1S/C15H22N2O/c1-12(18)14-6-4-5-7-15(14)17(3)11-13-8-9-16(2)10-13/h4-7,13H,8-11H2,1-3H3. The monoisotopic (exact) mass is 246 g/mol. The molecule has 98 valence electrons. The van der Waals surface area contributed by atoms with Gasteiger partial charge in [0.25, 0.3) is 0 Å². The molecule has 0 aromatic heterocycles. The zero-order chi connectivity index (χ0) is 13.1. The van der Waals surface area contributed by atoms with E-state index in [0.717, 1.165) is 24.3 Å². The number of rotatable bonds is 4. The fourth-order valence-corrected chi connectivity index (χ4v) is 2.77. The van der Waals surface area contributed by atoms with Crippen LogP contribution in [-0.2, 0) is 0 Å². The highest BCUT2D eigenvalue weighted by atomic mass is 16.1. The van der Waals surface area contributed by atoms with Crippen molar-refractivity contribution in [3.8, 4) is 0 Å². The lowest BCUT2D eigenvalue weighted by atomic mass is 10.1. The van der Waals surface area contributed by atoms with Gasteiger partial charge < -0.3 is 9.80 Å². The maximum absolute atomic E-state index is 11.6. The molecular formula is C15H22N2O. The Morgan fingerprint density at radius 1 is 1.44 bits per heavy atom. The average molecular weight is 246 g/mol. The largest absolute Gasteiger partial charge is 0.374 e. The summed E-state index contributed by atoms with van der Waals surface area (Å²) in [6.07, 6.45) is 1.25. The number of nitrogens with zero attached hydrogens (tertiary/aromatic N) is 2. The third kappa shape index (κ3) is 2.91. The van der Waals surface area contributed by atoms with Crippen molar-refractivity contribution in [2.24, 2.45) is 5.92 Å². The predicted molar refractivity (Wildman–Crippen MR) is 75.3 cm³/mol. The van der Waals surface area contributed by atoms with Crippen LogP contribution in [0.2, 0.25) is 0 Å². The van der Waals surface area contributed by atoms with E-state index in [4.69, 9.17) is 0 Å². The van der Waals surface area contributed by atoms with E-state index in [0.29, 0.717) is 5.92 Å². The van der Waals surface area contributed by atoms with Crippen LogP contribution in [0.5, 0.6) is 0 Å². The summed E-state index contributed by atoms with van der Waals surface area (Å²) in [5, 5.41) is 0. The lowest BCUT2D eigenvalue weighted by Gasteiger charge is -2.25. The zero-order valence-corrected chi connectivity index (χ0v) is 11.5. The fraction of sp³-hybridized carbons (Fsp3) is 0.533. The van der Waals surface area contributed by atoms with Gasteiger partial charge in [0.1, 0.15) is 0 Å². The molecule has 1 aliphatic heterocycles. The Labute approximate surface area is 109 Å². The number of para-hydroxylation sites is 1. The number of hydrogen-bond donors (Lipinski definition) is 0. The van der Waals surface area contributed by atoms with Gasteiger partial charge in [-0.2, -0.15) is 0 Å². The van der Waals surface area contributed by atoms with E-state index in [1.165, 1.54) is 13.0 Å². The highest BCUT2D eigenvalue weighted by Crippen LogP contribution is 2.23. The first-order valence-corrected chi connectivity index (χ1v) is 6.57. The third-order valence-electron chi connectivity index (χ3n) is 3.72. The lowest BCUT2D eigenvalue weighted by Crippen LogP contribution is -2.28. The normalized spacial score (nSPS) is 20.1. The van der Waals surface area contributed by atoms with Gasteiger partial charge in [-0.25, -0.2) is 0 Å². The number of likely N-dealkylation sites (tertiary alicyclic amines) is 1. The van der Waals surface area contributed by atoms with Gasteiger partial charge in [-0.05, 0) is 45.0 Å². The van der Waals surface area contributed by atoms with Gasteiger partial charge in [-0.1, -0.05) is 12.1 Å². The molecular weight excluding hydrogens is 224 g/mol. The van der Waals surface area contributed by atoms with E-state index in [2.05, 4.69) is 23.9 Å². The van der Waals surface area contributed by atoms with Crippen LogP contribution >= 0.6 is 0 Å². The van der Waals surface area contributed by atoms with Crippen LogP contribution in [0.4, 0.5) is 5.69 Å². The molecule has 1 fully saturated rings. The van der Waals surface area contributed by atoms with Crippen LogP contribution in [0.15, 0.2) is 24.3 Å². The zero-order valence-electron chi connectivity index (χ0n) is 11.5. The lowest BCUT2D eigenvalue weighted by molar-refractivity contribution is 0.101. The number of ketones is 1. The quantitative estimate of drug-likeness (QED) is 0.761. The highest BCUT2D eigenvalue weighted by Gasteiger charge is 2.21. The summed E-state index contributed by atoms with van der Waals surface area (Å²) in [4.78, 5) is 16.2. The van der Waals surface area contributed by atoms with Gasteiger partial charge in [0, 0.05) is 31.4 Å². The van der Waals surface area contributed by atoms with Gasteiger partial charge in [-0.15, -0.1) is 0 Å². The highest BCUT2D eigenvalue weighted by molar-refractivity contribution is 5.99. The smallest absolute Gasteiger partial charge is 0.161 e. The molecule has 1 aliphatic rings. The SMILES string of the molecule is CC(=O)c1ccccc1N(C)CC1CCN(C)C1. The van der Waals surface area contributed by atoms with Gasteiger partial charge in [0.15, 0.2) is 5.78 Å². The molecule has 1 aromatic carbocycles. The second kappa shape index (κ2) is 5.53. The molecule has 0 spiro atoms. The molecule has 1 heterocycles. The first kappa shape index (κ1) is 13.1. The minimum Gasteiger partial charge on any atom is -0.374 e. The van der Waals surface area contributed by atoms with Crippen molar-refractivity contribution in [3.63, 3.8) is 0 Å². The topological polar surface area (TPSA) is 23.6 Å². The molecule has 1 atom stereocenters. The molecule has 0 amide bonds. The molecule has 1 unspecified atom stereocenters. The summed E-state index contributed by atoms with van der Waals surface area (Å²) in [6.45, 7) is 5.00. The molecule has 18 heavy (non-hydrogen) atoms. The van der Waals surface area contributed by atoms with Gasteiger partial charge in [-0.3, -0.25) is 4.79 Å². The maximum atomic E-state index is 11.6. The van der Waals surface area contributed by atoms with Crippen LogP contribution in [0.25, 0.3) is 0 Å². The van der Waals surface area contributed by atoms with E-state index >= 15 is 0 Å². The first-order chi connectivity index (χ1) is 8.58. The minimum absolute atomic E-state index is 0.140. The molecule has 0 bridgehead atoms. The van der Waals surface area contributed by atoms with Crippen LogP contribution in [0.1, 0.15) is 23.7 Å². The third-order valence-corrected chi connectivity index (χ3v) is 3.72. The van der Waals surface area contributed by atoms with Crippen molar-refractivity contribution in [2.45, 2.75) is 13.3 Å². The van der Waals surface area contributed by atoms with Gasteiger partial charge in [0.2, 0.25) is 0 Å². The number of hydrogen-bond acceptors (Lipinski definition) is 3. The number of benzene rings is 1. The van der Waals surface area contributed by atoms with E-state index in [9.17, 15) is 4.79 Å². The van der Waals surface area contributed by atoms with Crippen molar-refractivity contribution < 1.29 is 4.79 Å². The number of anilines is 1. The maximum Gasteiger partial charge on any atom is 0.161 e. The number of carbonyl (C=O) groups excluding carboxylic acids is 1. The Bertz CT molecular complexity index is 430. The van der Waals surface area contributed by atoms with Crippen molar-refractivity contribution >= 4 is 11.5 Å². The molecule has 3 nitrogen and oxygen atoms in total. The average Bonchev–Trinajstić information content (AvgIpc) is 2.74. The molecule has 0 saturated carbocycles. The Morgan fingerprint density at radius 3 is 2.78 bits per heavy atom. The van der Waals surface area contributed by atoms with Crippen molar-refractivity contribution in [1.29, 1.82) is 0 Å². The van der Waals surface area contributed by atoms with Crippen molar-refractivity contribution in [2.75, 3.05) is 38.6 Å². The molecule has 0 N–H and O–H groups in total. The summed E-state index contributed by atoms with van der Waals surface area (Å²) >= 11 is 0. The number of Topliss-reactive ketones (excluding diaryl/α,β-unsaturated/α-hetero) is 1. The summed E-state index contributed by atoms with van der Waals surface area (Å²) < 4.78 is 0. The van der Waals surface area contributed by atoms with Crippen LogP contribution in [0.3, 0.4) is 0 Å². The number of carbonyl (C=O) groups is 1. The Hall–Kier alpha value is -1.35. The molecule has 2 rings (SSSR count). The molecule has 0 radical (unpaired) electrons. The second-order valence-electron chi connectivity index (χ2n) is 5.37. The van der Waals surface area contributed by atoms with Crippen LogP contribution < -0.4 is 4.90 Å². The van der Waals surface area contributed by atoms with Crippen molar-refractivity contribution in [3.05, 3.63) is 29.8 Å².